The van der Waals surface area contributed by atoms with Crippen LogP contribution in [0.2, 0.25) is 0 Å². The van der Waals surface area contributed by atoms with Gasteiger partial charge in [-0.15, -0.1) is 0 Å². The number of rotatable bonds is 4. The molecule has 2 heterocycles. The number of fused-ring (bicyclic) bond motifs is 1. The van der Waals surface area contributed by atoms with Crippen molar-refractivity contribution in [1.29, 1.82) is 0 Å². The van der Waals surface area contributed by atoms with E-state index in [1.807, 2.05) is 23.9 Å². The normalized spacial score (nSPS) is 18.7. The van der Waals surface area contributed by atoms with Crippen LogP contribution in [0.3, 0.4) is 0 Å². The Balaban J connectivity index is 2.13. The molecule has 1 aliphatic heterocycles. The van der Waals surface area contributed by atoms with E-state index in [1.54, 1.807) is 6.07 Å². The zero-order valence-corrected chi connectivity index (χ0v) is 13.2. The number of aromatic nitrogens is 2. The minimum absolute atomic E-state index is 0.285. The maximum atomic E-state index is 11.4. The average Bonchev–Trinajstić information content (AvgIpc) is 3.07. The fourth-order valence-corrected chi connectivity index (χ4v) is 4.23. The number of thioether (sulfide) groups is 1. The highest BCUT2D eigenvalue weighted by Crippen LogP contribution is 2.30. The minimum atomic E-state index is -0.906. The Kier molecular flexibility index (Phi) is 3.93. The molecule has 1 saturated heterocycles. The third kappa shape index (κ3) is 2.67. The van der Waals surface area contributed by atoms with E-state index in [9.17, 15) is 9.90 Å². The maximum Gasteiger partial charge on any atom is 0.337 e. The molecule has 1 aromatic carbocycles. The van der Waals surface area contributed by atoms with Gasteiger partial charge >= 0.3 is 5.97 Å². The van der Waals surface area contributed by atoms with Crippen molar-refractivity contribution in [2.75, 3.05) is 11.5 Å². The highest BCUT2D eigenvalue weighted by atomic mass is 32.2. The lowest BCUT2D eigenvalue weighted by Gasteiger charge is -2.15. The van der Waals surface area contributed by atoms with Crippen molar-refractivity contribution in [2.45, 2.75) is 32.7 Å². The predicted octanol–water partition coefficient (Wildman–Crippen LogP) is 3.61. The van der Waals surface area contributed by atoms with E-state index in [1.165, 1.54) is 17.9 Å². The molecule has 0 saturated carbocycles. The van der Waals surface area contributed by atoms with Crippen LogP contribution in [0.4, 0.5) is 0 Å². The lowest BCUT2D eigenvalue weighted by molar-refractivity contribution is 0.0699. The lowest BCUT2D eigenvalue weighted by atomic mass is 10.1. The fourth-order valence-electron chi connectivity index (χ4n) is 2.96. The average molecular weight is 304 g/mol. The molecule has 1 aromatic heterocycles. The van der Waals surface area contributed by atoms with Gasteiger partial charge in [-0.2, -0.15) is 11.8 Å². The second kappa shape index (κ2) is 5.72. The van der Waals surface area contributed by atoms with Gasteiger partial charge in [-0.05, 0) is 36.0 Å². The molecule has 1 fully saturated rings. The van der Waals surface area contributed by atoms with Crippen molar-refractivity contribution < 1.29 is 9.90 Å². The summed E-state index contributed by atoms with van der Waals surface area (Å²) in [5.74, 6) is 3.46. The van der Waals surface area contributed by atoms with E-state index in [0.717, 1.165) is 17.9 Å². The first-order valence-corrected chi connectivity index (χ1v) is 8.53. The summed E-state index contributed by atoms with van der Waals surface area (Å²) in [5.41, 5.74) is 1.88. The molecule has 5 heteroatoms. The van der Waals surface area contributed by atoms with E-state index < -0.39 is 5.97 Å². The van der Waals surface area contributed by atoms with E-state index in [-0.39, 0.29) is 5.92 Å². The molecular weight excluding hydrogens is 284 g/mol. The molecule has 0 bridgehead atoms. The van der Waals surface area contributed by atoms with Crippen LogP contribution in [-0.2, 0) is 6.54 Å². The molecule has 3 rings (SSSR count). The summed E-state index contributed by atoms with van der Waals surface area (Å²) in [4.78, 5) is 16.0. The zero-order chi connectivity index (χ0) is 15.0. The molecule has 0 amide bonds. The van der Waals surface area contributed by atoms with Gasteiger partial charge in [0.25, 0.3) is 0 Å². The molecular formula is C16H20N2O2S. The Hall–Kier alpha value is -1.49. The van der Waals surface area contributed by atoms with Crippen molar-refractivity contribution in [1.82, 2.24) is 9.55 Å². The van der Waals surface area contributed by atoms with Crippen molar-refractivity contribution >= 4 is 28.8 Å². The highest BCUT2D eigenvalue weighted by Gasteiger charge is 2.22. The number of para-hydroxylation sites is 1. The van der Waals surface area contributed by atoms with Crippen LogP contribution in [0.25, 0.3) is 11.0 Å². The summed E-state index contributed by atoms with van der Waals surface area (Å²) in [6.45, 7) is 5.17. The standard InChI is InChI=1S/C16H20N2O2S/c1-10(2)15-17-14-12(16(19)20)4-3-5-13(14)18(15)8-11-6-7-21-9-11/h3-5,10-11H,6-9H2,1-2H3,(H,19,20). The fraction of sp³-hybridized carbons (Fsp3) is 0.500. The van der Waals surface area contributed by atoms with E-state index >= 15 is 0 Å². The van der Waals surface area contributed by atoms with Gasteiger partial charge in [0.05, 0.1) is 11.1 Å². The molecule has 1 unspecified atom stereocenters. The number of imidazole rings is 1. The Bertz CT molecular complexity index is 672. The monoisotopic (exact) mass is 304 g/mol. The lowest BCUT2D eigenvalue weighted by Crippen LogP contribution is -2.13. The largest absolute Gasteiger partial charge is 0.478 e. The van der Waals surface area contributed by atoms with Gasteiger partial charge in [0.2, 0.25) is 0 Å². The van der Waals surface area contributed by atoms with Gasteiger partial charge in [0, 0.05) is 12.5 Å². The summed E-state index contributed by atoms with van der Waals surface area (Å²) in [6.07, 6.45) is 1.24. The molecule has 1 N–H and O–H groups in total. The molecule has 0 aliphatic carbocycles. The molecule has 112 valence electrons. The van der Waals surface area contributed by atoms with Crippen LogP contribution in [0.1, 0.15) is 42.4 Å². The number of carboxylic acids is 1. The Labute approximate surface area is 128 Å². The van der Waals surface area contributed by atoms with E-state index in [2.05, 4.69) is 23.4 Å². The van der Waals surface area contributed by atoms with Gasteiger partial charge in [-0.3, -0.25) is 0 Å². The third-order valence-corrected chi connectivity index (χ3v) is 5.25. The van der Waals surface area contributed by atoms with Crippen molar-refractivity contribution in [3.05, 3.63) is 29.6 Å². The first kappa shape index (κ1) is 14.4. The third-order valence-electron chi connectivity index (χ3n) is 4.02. The second-order valence-electron chi connectivity index (χ2n) is 5.94. The van der Waals surface area contributed by atoms with Crippen molar-refractivity contribution in [2.24, 2.45) is 5.92 Å². The first-order chi connectivity index (χ1) is 10.1. The number of carboxylic acid groups (broad SMARTS) is 1. The van der Waals surface area contributed by atoms with Crippen LogP contribution in [0.5, 0.6) is 0 Å². The van der Waals surface area contributed by atoms with Crippen LogP contribution >= 0.6 is 11.8 Å². The number of benzene rings is 1. The van der Waals surface area contributed by atoms with E-state index in [4.69, 9.17) is 0 Å². The summed E-state index contributed by atoms with van der Waals surface area (Å²) in [6, 6.07) is 5.44. The quantitative estimate of drug-likeness (QED) is 0.937. The molecule has 0 radical (unpaired) electrons. The maximum absolute atomic E-state index is 11.4. The van der Waals surface area contributed by atoms with Gasteiger partial charge in [-0.1, -0.05) is 19.9 Å². The number of aromatic carboxylic acids is 1. The molecule has 2 aromatic rings. The molecule has 1 atom stereocenters. The number of carbonyl (C=O) groups is 1. The second-order valence-corrected chi connectivity index (χ2v) is 7.09. The summed E-state index contributed by atoms with van der Waals surface area (Å²) in [5, 5.41) is 9.35. The smallest absolute Gasteiger partial charge is 0.337 e. The first-order valence-electron chi connectivity index (χ1n) is 7.38. The molecule has 4 nitrogen and oxygen atoms in total. The molecule has 0 spiro atoms. The Morgan fingerprint density at radius 2 is 2.33 bits per heavy atom. The number of nitrogens with zero attached hydrogens (tertiary/aromatic N) is 2. The van der Waals surface area contributed by atoms with Crippen LogP contribution in [0, 0.1) is 5.92 Å². The van der Waals surface area contributed by atoms with Gasteiger partial charge < -0.3 is 9.67 Å². The summed E-state index contributed by atoms with van der Waals surface area (Å²) < 4.78 is 2.24. The number of hydrogen-bond donors (Lipinski definition) is 1. The van der Waals surface area contributed by atoms with Gasteiger partial charge in [0.1, 0.15) is 11.3 Å². The van der Waals surface area contributed by atoms with Crippen LogP contribution in [0.15, 0.2) is 18.2 Å². The Morgan fingerprint density at radius 3 is 2.95 bits per heavy atom. The predicted molar refractivity (Wildman–Crippen MR) is 86.2 cm³/mol. The van der Waals surface area contributed by atoms with Crippen LogP contribution < -0.4 is 0 Å². The van der Waals surface area contributed by atoms with Crippen molar-refractivity contribution in [3.63, 3.8) is 0 Å². The number of hydrogen-bond acceptors (Lipinski definition) is 3. The SMILES string of the molecule is CC(C)c1nc2c(C(=O)O)cccc2n1CC1CCSC1. The Morgan fingerprint density at radius 1 is 1.52 bits per heavy atom. The van der Waals surface area contributed by atoms with Crippen LogP contribution in [-0.4, -0.2) is 32.1 Å². The topological polar surface area (TPSA) is 55.1 Å². The van der Waals surface area contributed by atoms with Gasteiger partial charge in [-0.25, -0.2) is 9.78 Å². The van der Waals surface area contributed by atoms with Gasteiger partial charge in [0.15, 0.2) is 0 Å². The zero-order valence-electron chi connectivity index (χ0n) is 12.4. The summed E-state index contributed by atoms with van der Waals surface area (Å²) in [7, 11) is 0. The molecule has 21 heavy (non-hydrogen) atoms. The molecule has 1 aliphatic rings. The van der Waals surface area contributed by atoms with E-state index in [0.29, 0.717) is 17.0 Å². The highest BCUT2D eigenvalue weighted by molar-refractivity contribution is 7.99. The summed E-state index contributed by atoms with van der Waals surface area (Å²) >= 11 is 2.00. The minimum Gasteiger partial charge on any atom is -0.478 e. The van der Waals surface area contributed by atoms with Crippen molar-refractivity contribution in [3.8, 4) is 0 Å².